The summed E-state index contributed by atoms with van der Waals surface area (Å²) in [5.74, 6) is 0. The molecule has 0 unspecified atom stereocenters. The number of fused-ring (bicyclic) bond motifs is 1. The standard InChI is InChI=1S/C13H16N2O/c1-15-12(13(9-16)7-4-8-13)10-5-2-3-6-11(10)14-15/h2-3,5-6,16H,4,7-9H2,1H3. The molecule has 1 saturated carbocycles. The Balaban J connectivity index is 2.26. The lowest BCUT2D eigenvalue weighted by atomic mass is 9.66. The minimum atomic E-state index is -0.0369. The molecule has 3 nitrogen and oxygen atoms in total. The van der Waals surface area contributed by atoms with E-state index in [4.69, 9.17) is 0 Å². The molecule has 0 amide bonds. The first-order valence-electron chi connectivity index (χ1n) is 5.80. The molecule has 1 aliphatic carbocycles. The topological polar surface area (TPSA) is 38.0 Å². The van der Waals surface area contributed by atoms with E-state index in [2.05, 4.69) is 11.2 Å². The minimum Gasteiger partial charge on any atom is -0.395 e. The van der Waals surface area contributed by atoms with Crippen LogP contribution in [0.5, 0.6) is 0 Å². The van der Waals surface area contributed by atoms with E-state index in [-0.39, 0.29) is 12.0 Å². The first-order valence-corrected chi connectivity index (χ1v) is 5.80. The van der Waals surface area contributed by atoms with Crippen molar-refractivity contribution in [2.45, 2.75) is 24.7 Å². The van der Waals surface area contributed by atoms with Crippen molar-refractivity contribution in [1.29, 1.82) is 0 Å². The predicted molar refractivity (Wildman–Crippen MR) is 63.3 cm³/mol. The smallest absolute Gasteiger partial charge is 0.0926 e. The number of rotatable bonds is 2. The minimum absolute atomic E-state index is 0.0369. The Labute approximate surface area is 94.7 Å². The Morgan fingerprint density at radius 1 is 1.38 bits per heavy atom. The zero-order valence-corrected chi connectivity index (χ0v) is 9.48. The van der Waals surface area contributed by atoms with Gasteiger partial charge in [-0.15, -0.1) is 0 Å². The van der Waals surface area contributed by atoms with Gasteiger partial charge in [0, 0.05) is 17.8 Å². The number of nitrogens with zero attached hydrogens (tertiary/aromatic N) is 2. The van der Waals surface area contributed by atoms with Gasteiger partial charge in [-0.2, -0.15) is 5.10 Å². The summed E-state index contributed by atoms with van der Waals surface area (Å²) in [6.07, 6.45) is 3.36. The quantitative estimate of drug-likeness (QED) is 0.833. The molecule has 1 aromatic carbocycles. The number of aliphatic hydroxyl groups is 1. The van der Waals surface area contributed by atoms with Crippen LogP contribution >= 0.6 is 0 Å². The van der Waals surface area contributed by atoms with Crippen LogP contribution < -0.4 is 0 Å². The molecule has 0 spiro atoms. The van der Waals surface area contributed by atoms with Gasteiger partial charge in [-0.05, 0) is 18.9 Å². The Morgan fingerprint density at radius 2 is 2.12 bits per heavy atom. The Bertz CT molecular complexity index is 520. The van der Waals surface area contributed by atoms with Gasteiger partial charge in [0.25, 0.3) is 0 Å². The number of aryl methyl sites for hydroxylation is 1. The van der Waals surface area contributed by atoms with E-state index in [0.29, 0.717) is 0 Å². The van der Waals surface area contributed by atoms with Crippen molar-refractivity contribution >= 4 is 10.9 Å². The van der Waals surface area contributed by atoms with Crippen molar-refractivity contribution < 1.29 is 5.11 Å². The van der Waals surface area contributed by atoms with Gasteiger partial charge in [0.15, 0.2) is 0 Å². The van der Waals surface area contributed by atoms with Crippen LogP contribution in [0.15, 0.2) is 24.3 Å². The molecule has 0 bridgehead atoms. The molecule has 0 atom stereocenters. The maximum Gasteiger partial charge on any atom is 0.0926 e. The van der Waals surface area contributed by atoms with Gasteiger partial charge < -0.3 is 5.11 Å². The SMILES string of the molecule is Cn1nc2ccccc2c1C1(CO)CCC1. The monoisotopic (exact) mass is 216 g/mol. The van der Waals surface area contributed by atoms with E-state index in [9.17, 15) is 5.11 Å². The highest BCUT2D eigenvalue weighted by molar-refractivity contribution is 5.82. The molecular formula is C13H16N2O. The molecule has 1 fully saturated rings. The molecule has 3 rings (SSSR count). The van der Waals surface area contributed by atoms with Gasteiger partial charge in [0.05, 0.1) is 17.8 Å². The van der Waals surface area contributed by atoms with E-state index in [0.717, 1.165) is 18.4 Å². The van der Waals surface area contributed by atoms with E-state index < -0.39 is 0 Å². The van der Waals surface area contributed by atoms with Gasteiger partial charge in [0.2, 0.25) is 0 Å². The summed E-state index contributed by atoms with van der Waals surface area (Å²) in [7, 11) is 1.98. The number of aromatic nitrogens is 2. The highest BCUT2D eigenvalue weighted by Crippen LogP contribution is 2.45. The number of aliphatic hydroxyl groups excluding tert-OH is 1. The second kappa shape index (κ2) is 3.32. The van der Waals surface area contributed by atoms with Gasteiger partial charge in [0.1, 0.15) is 0 Å². The fourth-order valence-electron chi connectivity index (χ4n) is 2.85. The highest BCUT2D eigenvalue weighted by Gasteiger charge is 2.41. The summed E-state index contributed by atoms with van der Waals surface area (Å²) >= 11 is 0. The second-order valence-corrected chi connectivity index (χ2v) is 4.78. The third-order valence-electron chi connectivity index (χ3n) is 3.86. The Morgan fingerprint density at radius 3 is 2.75 bits per heavy atom. The Hall–Kier alpha value is -1.35. The number of hydrogen-bond donors (Lipinski definition) is 1. The van der Waals surface area contributed by atoms with Gasteiger partial charge in [-0.25, -0.2) is 0 Å². The molecule has 0 aliphatic heterocycles. The predicted octanol–water partition coefficient (Wildman–Crippen LogP) is 1.99. The maximum absolute atomic E-state index is 9.65. The molecule has 16 heavy (non-hydrogen) atoms. The lowest BCUT2D eigenvalue weighted by Crippen LogP contribution is -2.39. The summed E-state index contributed by atoms with van der Waals surface area (Å²) in [6.45, 7) is 0.233. The first-order chi connectivity index (χ1) is 7.77. The van der Waals surface area contributed by atoms with Crippen LogP contribution in [0.3, 0.4) is 0 Å². The molecule has 1 heterocycles. The van der Waals surface area contributed by atoms with Crippen LogP contribution in [0.1, 0.15) is 25.0 Å². The van der Waals surface area contributed by atoms with Crippen molar-refractivity contribution in [3.05, 3.63) is 30.0 Å². The van der Waals surface area contributed by atoms with Crippen LogP contribution in [0.4, 0.5) is 0 Å². The lowest BCUT2D eigenvalue weighted by Gasteiger charge is -2.40. The number of hydrogen-bond acceptors (Lipinski definition) is 2. The average Bonchev–Trinajstić information content (AvgIpc) is 2.56. The average molecular weight is 216 g/mol. The van der Waals surface area contributed by atoms with E-state index in [1.165, 1.54) is 17.5 Å². The summed E-state index contributed by atoms with van der Waals surface area (Å²) in [5, 5.41) is 15.4. The van der Waals surface area contributed by atoms with Crippen molar-refractivity contribution in [3.63, 3.8) is 0 Å². The van der Waals surface area contributed by atoms with Gasteiger partial charge in [-0.1, -0.05) is 24.6 Å². The number of benzene rings is 1. The van der Waals surface area contributed by atoms with E-state index in [1.54, 1.807) is 0 Å². The largest absolute Gasteiger partial charge is 0.395 e. The van der Waals surface area contributed by atoms with Crippen LogP contribution in [-0.2, 0) is 12.5 Å². The second-order valence-electron chi connectivity index (χ2n) is 4.78. The third kappa shape index (κ3) is 1.15. The molecule has 1 aliphatic rings. The highest BCUT2D eigenvalue weighted by atomic mass is 16.3. The molecule has 0 saturated heterocycles. The molecule has 84 valence electrons. The Kier molecular flexibility index (Phi) is 2.04. The molecule has 2 aromatic rings. The molecule has 1 N–H and O–H groups in total. The third-order valence-corrected chi connectivity index (χ3v) is 3.86. The normalized spacial score (nSPS) is 18.6. The van der Waals surface area contributed by atoms with Crippen molar-refractivity contribution in [1.82, 2.24) is 9.78 Å². The van der Waals surface area contributed by atoms with Crippen LogP contribution in [0.2, 0.25) is 0 Å². The van der Waals surface area contributed by atoms with Gasteiger partial charge >= 0.3 is 0 Å². The van der Waals surface area contributed by atoms with Crippen molar-refractivity contribution in [3.8, 4) is 0 Å². The molecule has 3 heteroatoms. The maximum atomic E-state index is 9.65. The van der Waals surface area contributed by atoms with Crippen LogP contribution in [0, 0.1) is 0 Å². The zero-order chi connectivity index (χ0) is 11.2. The molecule has 1 aromatic heterocycles. The van der Waals surface area contributed by atoms with E-state index >= 15 is 0 Å². The summed E-state index contributed by atoms with van der Waals surface area (Å²) < 4.78 is 1.94. The van der Waals surface area contributed by atoms with Crippen molar-refractivity contribution in [2.75, 3.05) is 6.61 Å². The van der Waals surface area contributed by atoms with Crippen molar-refractivity contribution in [2.24, 2.45) is 7.05 Å². The lowest BCUT2D eigenvalue weighted by molar-refractivity contribution is 0.114. The fourth-order valence-corrected chi connectivity index (χ4v) is 2.85. The van der Waals surface area contributed by atoms with E-state index in [1.807, 2.05) is 29.9 Å². The summed E-state index contributed by atoms with van der Waals surface area (Å²) in [4.78, 5) is 0. The summed E-state index contributed by atoms with van der Waals surface area (Å²) in [5.41, 5.74) is 2.20. The summed E-state index contributed by atoms with van der Waals surface area (Å²) in [6, 6.07) is 8.18. The fraction of sp³-hybridized carbons (Fsp3) is 0.462. The zero-order valence-electron chi connectivity index (χ0n) is 9.48. The van der Waals surface area contributed by atoms with Crippen LogP contribution in [-0.4, -0.2) is 21.5 Å². The molecular weight excluding hydrogens is 200 g/mol. The van der Waals surface area contributed by atoms with Gasteiger partial charge in [-0.3, -0.25) is 4.68 Å². The first kappa shape index (κ1) is 9.85. The molecule has 0 radical (unpaired) electrons. The van der Waals surface area contributed by atoms with Crippen LogP contribution in [0.25, 0.3) is 10.9 Å².